The van der Waals surface area contributed by atoms with Crippen molar-refractivity contribution in [1.29, 1.82) is 0 Å². The highest BCUT2D eigenvalue weighted by atomic mass is 16.2. The Morgan fingerprint density at radius 3 is 2.80 bits per heavy atom. The maximum absolute atomic E-state index is 12.0. The van der Waals surface area contributed by atoms with Gasteiger partial charge in [-0.1, -0.05) is 13.8 Å². The summed E-state index contributed by atoms with van der Waals surface area (Å²) < 4.78 is 1.28. The van der Waals surface area contributed by atoms with Gasteiger partial charge >= 0.3 is 0 Å². The summed E-state index contributed by atoms with van der Waals surface area (Å²) in [6.07, 6.45) is 2.82. The van der Waals surface area contributed by atoms with Crippen molar-refractivity contribution >= 4 is 29.4 Å². The lowest BCUT2D eigenvalue weighted by Gasteiger charge is -2.05. The van der Waals surface area contributed by atoms with E-state index in [1.54, 1.807) is 32.8 Å². The van der Waals surface area contributed by atoms with Crippen LogP contribution in [0.5, 0.6) is 0 Å². The smallest absolute Gasteiger partial charge is 0.280 e. The molecule has 0 spiro atoms. The van der Waals surface area contributed by atoms with Crippen molar-refractivity contribution in [3.05, 3.63) is 16.7 Å². The molecule has 0 radical (unpaired) electrons. The predicted molar refractivity (Wildman–Crippen MR) is 75.5 cm³/mol. The van der Waals surface area contributed by atoms with Gasteiger partial charge in [0.25, 0.3) is 5.56 Å². The molecule has 106 valence electrons. The first-order valence-corrected chi connectivity index (χ1v) is 6.12. The number of rotatable bonds is 3. The van der Waals surface area contributed by atoms with Gasteiger partial charge in [-0.2, -0.15) is 4.98 Å². The fraction of sp³-hybridized carbons (Fsp3) is 0.417. The average molecular weight is 276 g/mol. The van der Waals surface area contributed by atoms with Crippen LogP contribution in [0.25, 0.3) is 11.2 Å². The minimum absolute atomic E-state index is 0.128. The van der Waals surface area contributed by atoms with Crippen LogP contribution in [0.15, 0.2) is 16.1 Å². The molecule has 0 saturated heterocycles. The topological polar surface area (TPSA) is 96.2 Å². The largest absolute Gasteiger partial charge is 0.369 e. The van der Waals surface area contributed by atoms with Crippen molar-refractivity contribution < 1.29 is 4.79 Å². The Balaban J connectivity index is 2.59. The summed E-state index contributed by atoms with van der Waals surface area (Å²) in [5.41, 5.74) is -0.0719. The van der Waals surface area contributed by atoms with Gasteiger partial charge in [-0.15, -0.1) is 0 Å². The minimum Gasteiger partial charge on any atom is -0.369 e. The number of carbonyl (C=O) groups excluding carboxylic acids is 1. The Labute approximate surface area is 115 Å². The van der Waals surface area contributed by atoms with Gasteiger partial charge in [0.15, 0.2) is 11.2 Å². The van der Waals surface area contributed by atoms with Gasteiger partial charge in [0.05, 0.1) is 6.34 Å². The lowest BCUT2D eigenvalue weighted by atomic mass is 10.2. The first kappa shape index (κ1) is 13.9. The highest BCUT2D eigenvalue weighted by Crippen LogP contribution is 2.11. The van der Waals surface area contributed by atoms with Gasteiger partial charge in [0.2, 0.25) is 11.9 Å². The van der Waals surface area contributed by atoms with E-state index in [0.717, 1.165) is 0 Å². The molecule has 1 N–H and O–H groups in total. The molecule has 2 aromatic heterocycles. The first-order valence-electron chi connectivity index (χ1n) is 6.12. The van der Waals surface area contributed by atoms with E-state index in [9.17, 15) is 9.59 Å². The molecule has 0 amide bonds. The molecule has 20 heavy (non-hydrogen) atoms. The lowest BCUT2D eigenvalue weighted by Crippen LogP contribution is -2.17. The monoisotopic (exact) mass is 276 g/mol. The van der Waals surface area contributed by atoms with Crippen LogP contribution in [-0.2, 0) is 0 Å². The number of fused-ring (bicyclic) bond motifs is 1. The van der Waals surface area contributed by atoms with Crippen LogP contribution in [0.4, 0.5) is 5.95 Å². The van der Waals surface area contributed by atoms with Crippen LogP contribution in [0.3, 0.4) is 0 Å². The fourth-order valence-corrected chi connectivity index (χ4v) is 1.57. The van der Waals surface area contributed by atoms with Gasteiger partial charge in [-0.3, -0.25) is 19.1 Å². The van der Waals surface area contributed by atoms with Crippen LogP contribution < -0.4 is 5.56 Å². The number of hydrogen-bond donors (Lipinski definition) is 1. The van der Waals surface area contributed by atoms with Gasteiger partial charge in [-0.25, -0.2) is 9.98 Å². The summed E-state index contributed by atoms with van der Waals surface area (Å²) >= 11 is 0. The maximum Gasteiger partial charge on any atom is 0.280 e. The van der Waals surface area contributed by atoms with Crippen LogP contribution in [0.2, 0.25) is 0 Å². The Morgan fingerprint density at radius 1 is 1.50 bits per heavy atom. The van der Waals surface area contributed by atoms with E-state index >= 15 is 0 Å². The molecule has 0 aliphatic heterocycles. The summed E-state index contributed by atoms with van der Waals surface area (Å²) in [6, 6.07) is 0. The van der Waals surface area contributed by atoms with E-state index in [1.807, 2.05) is 0 Å². The number of hydrogen-bond acceptors (Lipinski definition) is 5. The third-order valence-electron chi connectivity index (χ3n) is 2.54. The number of carbonyl (C=O) groups is 1. The van der Waals surface area contributed by atoms with E-state index in [2.05, 4.69) is 19.9 Å². The van der Waals surface area contributed by atoms with Gasteiger partial charge < -0.3 is 4.90 Å². The molecule has 0 atom stereocenters. The fourth-order valence-electron chi connectivity index (χ4n) is 1.57. The number of aromatic nitrogens is 4. The number of nitrogens with zero attached hydrogens (tertiary/aromatic N) is 5. The minimum atomic E-state index is -0.420. The van der Waals surface area contributed by atoms with Crippen molar-refractivity contribution in [3.8, 4) is 0 Å². The molecule has 8 nitrogen and oxygen atoms in total. The summed E-state index contributed by atoms with van der Waals surface area (Å²) in [7, 11) is 3.60. The quantitative estimate of drug-likeness (QED) is 0.655. The summed E-state index contributed by atoms with van der Waals surface area (Å²) in [5.74, 6) is -0.259. The molecule has 0 aliphatic rings. The Kier molecular flexibility index (Phi) is 3.64. The maximum atomic E-state index is 12.0. The van der Waals surface area contributed by atoms with E-state index in [1.165, 1.54) is 17.2 Å². The molecule has 0 aliphatic carbocycles. The zero-order valence-electron chi connectivity index (χ0n) is 11.8. The number of nitrogens with one attached hydrogen (secondary N) is 1. The third-order valence-corrected chi connectivity index (χ3v) is 2.54. The second kappa shape index (κ2) is 5.24. The summed E-state index contributed by atoms with van der Waals surface area (Å²) in [4.78, 5) is 40.3. The van der Waals surface area contributed by atoms with Crippen molar-refractivity contribution in [2.24, 2.45) is 10.9 Å². The third kappa shape index (κ3) is 2.58. The Hall–Kier alpha value is -2.51. The molecule has 2 rings (SSSR count). The molecule has 0 aromatic carbocycles. The van der Waals surface area contributed by atoms with E-state index < -0.39 is 5.56 Å². The lowest BCUT2D eigenvalue weighted by molar-refractivity contribution is 0.0859. The number of aliphatic imine (C=N–C) groups is 1. The van der Waals surface area contributed by atoms with Crippen LogP contribution in [0, 0.1) is 5.92 Å². The molecular weight excluding hydrogens is 260 g/mol. The highest BCUT2D eigenvalue weighted by Gasteiger charge is 2.17. The van der Waals surface area contributed by atoms with Crippen molar-refractivity contribution in [3.63, 3.8) is 0 Å². The Morgan fingerprint density at radius 2 is 2.20 bits per heavy atom. The van der Waals surface area contributed by atoms with Gasteiger partial charge in [0.1, 0.15) is 6.33 Å². The summed E-state index contributed by atoms with van der Waals surface area (Å²) in [5, 5.41) is 0. The molecule has 0 fully saturated rings. The average Bonchev–Trinajstić information content (AvgIpc) is 2.79. The van der Waals surface area contributed by atoms with Crippen molar-refractivity contribution in [2.45, 2.75) is 13.8 Å². The van der Waals surface area contributed by atoms with E-state index in [-0.39, 0.29) is 28.9 Å². The zero-order chi connectivity index (χ0) is 14.9. The zero-order valence-corrected chi connectivity index (χ0v) is 11.8. The second-order valence-electron chi connectivity index (χ2n) is 4.88. The normalized spacial score (nSPS) is 11.7. The Bertz CT molecular complexity index is 725. The highest BCUT2D eigenvalue weighted by molar-refractivity contribution is 5.89. The molecule has 8 heteroatoms. The molecule has 2 aromatic rings. The number of imidazole rings is 1. The van der Waals surface area contributed by atoms with Crippen molar-refractivity contribution in [2.75, 3.05) is 14.1 Å². The summed E-state index contributed by atoms with van der Waals surface area (Å²) in [6.45, 7) is 3.54. The molecule has 0 unspecified atom stereocenters. The first-order chi connectivity index (χ1) is 9.40. The van der Waals surface area contributed by atoms with E-state index in [4.69, 9.17) is 0 Å². The van der Waals surface area contributed by atoms with Crippen LogP contribution in [-0.4, -0.2) is 50.8 Å². The standard InChI is InChI=1S/C12H16N6O2/c1-7(2)11(20)18-6-13-8-9(18)15-12(16-10(8)19)14-5-17(3)4/h5-7H,1-4H3,(H,15,16,19)/b14-5-. The molecule has 0 bridgehead atoms. The number of aromatic amines is 1. The molecular formula is C12H16N6O2. The molecule has 2 heterocycles. The predicted octanol–water partition coefficient (Wildman–Crippen LogP) is 0.637. The second-order valence-corrected chi connectivity index (χ2v) is 4.88. The van der Waals surface area contributed by atoms with Crippen LogP contribution in [0.1, 0.15) is 18.6 Å². The molecule has 0 saturated carbocycles. The van der Waals surface area contributed by atoms with Crippen molar-refractivity contribution in [1.82, 2.24) is 24.4 Å². The van der Waals surface area contributed by atoms with Gasteiger partial charge in [-0.05, 0) is 0 Å². The van der Waals surface area contributed by atoms with E-state index in [0.29, 0.717) is 0 Å². The van der Waals surface area contributed by atoms with Gasteiger partial charge in [0, 0.05) is 20.0 Å². The number of H-pyrrole nitrogens is 1. The van der Waals surface area contributed by atoms with Crippen LogP contribution >= 0.6 is 0 Å². The SMILES string of the molecule is CC(C)C(=O)n1cnc2c(=O)[nH]c(/N=C\N(C)C)nc21.